The SMILES string of the molecule is NC(N)c1ccc(CC(=O)C(=O)[O-])cc1. The second kappa shape index (κ2) is 4.68. The fourth-order valence-corrected chi connectivity index (χ4v) is 1.12. The van der Waals surface area contributed by atoms with Gasteiger partial charge in [0.2, 0.25) is 0 Å². The van der Waals surface area contributed by atoms with Gasteiger partial charge in [-0.25, -0.2) is 0 Å². The number of benzene rings is 1. The van der Waals surface area contributed by atoms with E-state index in [4.69, 9.17) is 11.5 Å². The summed E-state index contributed by atoms with van der Waals surface area (Å²) in [5.41, 5.74) is 12.2. The molecule has 0 aliphatic rings. The van der Waals surface area contributed by atoms with Gasteiger partial charge in [-0.1, -0.05) is 24.3 Å². The van der Waals surface area contributed by atoms with Crippen LogP contribution in [0.1, 0.15) is 17.3 Å². The van der Waals surface area contributed by atoms with Crippen molar-refractivity contribution in [3.05, 3.63) is 35.4 Å². The quantitative estimate of drug-likeness (QED) is 0.459. The van der Waals surface area contributed by atoms with Crippen molar-refractivity contribution in [1.82, 2.24) is 0 Å². The first-order chi connectivity index (χ1) is 7.00. The summed E-state index contributed by atoms with van der Waals surface area (Å²) in [5, 5.41) is 10.2. The predicted molar refractivity (Wildman–Crippen MR) is 51.3 cm³/mol. The number of carbonyl (C=O) groups excluding carboxylic acids is 2. The van der Waals surface area contributed by atoms with Crippen LogP contribution in [-0.4, -0.2) is 11.8 Å². The lowest BCUT2D eigenvalue weighted by molar-refractivity contribution is -0.299. The smallest absolute Gasteiger partial charge is 0.182 e. The second-order valence-corrected chi connectivity index (χ2v) is 3.15. The van der Waals surface area contributed by atoms with Crippen LogP contribution < -0.4 is 16.6 Å². The first kappa shape index (κ1) is 11.4. The molecule has 0 saturated carbocycles. The van der Waals surface area contributed by atoms with Gasteiger partial charge in [-0.2, -0.15) is 0 Å². The van der Waals surface area contributed by atoms with Gasteiger partial charge >= 0.3 is 0 Å². The molecule has 15 heavy (non-hydrogen) atoms. The maximum atomic E-state index is 10.8. The number of carbonyl (C=O) groups is 2. The molecule has 0 aromatic heterocycles. The molecule has 0 radical (unpaired) electrons. The Hall–Kier alpha value is -1.72. The molecule has 1 rings (SSSR count). The van der Waals surface area contributed by atoms with Crippen molar-refractivity contribution >= 4 is 11.8 Å². The number of hydrogen-bond acceptors (Lipinski definition) is 5. The van der Waals surface area contributed by atoms with Crippen molar-refractivity contribution in [2.45, 2.75) is 12.6 Å². The molecule has 0 heterocycles. The van der Waals surface area contributed by atoms with Crippen LogP contribution in [0.5, 0.6) is 0 Å². The van der Waals surface area contributed by atoms with Gasteiger partial charge < -0.3 is 21.4 Å². The van der Waals surface area contributed by atoms with E-state index >= 15 is 0 Å². The molecule has 0 saturated heterocycles. The zero-order valence-electron chi connectivity index (χ0n) is 7.97. The van der Waals surface area contributed by atoms with E-state index in [1.54, 1.807) is 24.3 Å². The highest BCUT2D eigenvalue weighted by Crippen LogP contribution is 2.08. The zero-order valence-corrected chi connectivity index (χ0v) is 7.97. The summed E-state index contributed by atoms with van der Waals surface area (Å²) >= 11 is 0. The lowest BCUT2D eigenvalue weighted by atomic mass is 10.1. The predicted octanol–water partition coefficient (Wildman–Crippen LogP) is -1.54. The molecule has 0 spiro atoms. The third-order valence-electron chi connectivity index (χ3n) is 1.96. The van der Waals surface area contributed by atoms with Gasteiger partial charge in [0.15, 0.2) is 5.78 Å². The Bertz CT molecular complexity index is 371. The summed E-state index contributed by atoms with van der Waals surface area (Å²) in [5.74, 6) is -2.62. The van der Waals surface area contributed by atoms with Gasteiger partial charge in [0.05, 0.1) is 6.17 Å². The average Bonchev–Trinajstić information content (AvgIpc) is 2.18. The van der Waals surface area contributed by atoms with E-state index in [0.29, 0.717) is 5.56 Å². The second-order valence-electron chi connectivity index (χ2n) is 3.15. The van der Waals surface area contributed by atoms with E-state index in [9.17, 15) is 14.7 Å². The summed E-state index contributed by atoms with van der Waals surface area (Å²) in [6.45, 7) is 0. The van der Waals surface area contributed by atoms with E-state index in [-0.39, 0.29) is 6.42 Å². The Morgan fingerprint density at radius 2 is 1.73 bits per heavy atom. The van der Waals surface area contributed by atoms with E-state index in [1.807, 2.05) is 0 Å². The van der Waals surface area contributed by atoms with Crippen molar-refractivity contribution in [1.29, 1.82) is 0 Å². The topological polar surface area (TPSA) is 109 Å². The molecule has 1 aromatic rings. The van der Waals surface area contributed by atoms with Crippen LogP contribution in [-0.2, 0) is 16.0 Å². The van der Waals surface area contributed by atoms with Crippen molar-refractivity contribution in [2.24, 2.45) is 11.5 Å². The summed E-state index contributed by atoms with van der Waals surface area (Å²) < 4.78 is 0. The molecule has 0 bridgehead atoms. The molecule has 0 unspecified atom stereocenters. The third-order valence-corrected chi connectivity index (χ3v) is 1.96. The molecular formula is C10H11N2O3-. The minimum atomic E-state index is -1.67. The van der Waals surface area contributed by atoms with Gasteiger partial charge in [-0.3, -0.25) is 4.79 Å². The van der Waals surface area contributed by atoms with Crippen molar-refractivity contribution in [2.75, 3.05) is 0 Å². The summed E-state index contributed by atoms with van der Waals surface area (Å²) in [4.78, 5) is 21.0. The van der Waals surface area contributed by atoms with Crippen molar-refractivity contribution in [3.63, 3.8) is 0 Å². The minimum absolute atomic E-state index is 0.178. The molecule has 0 aliphatic heterocycles. The molecule has 5 heteroatoms. The number of aliphatic carboxylic acids is 1. The van der Waals surface area contributed by atoms with E-state index < -0.39 is 17.9 Å². The van der Waals surface area contributed by atoms with E-state index in [0.717, 1.165) is 5.56 Å². The third kappa shape index (κ3) is 3.16. The Labute approximate surface area is 86.7 Å². The number of rotatable bonds is 4. The molecule has 4 N–H and O–H groups in total. The first-order valence-corrected chi connectivity index (χ1v) is 4.35. The lowest BCUT2D eigenvalue weighted by Crippen LogP contribution is -2.32. The monoisotopic (exact) mass is 207 g/mol. The lowest BCUT2D eigenvalue weighted by Gasteiger charge is -2.06. The fourth-order valence-electron chi connectivity index (χ4n) is 1.12. The number of hydrogen-bond donors (Lipinski definition) is 2. The van der Waals surface area contributed by atoms with Crippen LogP contribution in [0, 0.1) is 0 Å². The number of ketones is 1. The summed E-state index contributed by atoms with van der Waals surface area (Å²) in [6.07, 6.45) is -0.751. The Morgan fingerprint density at radius 3 is 2.13 bits per heavy atom. The van der Waals surface area contributed by atoms with Crippen LogP contribution >= 0.6 is 0 Å². The largest absolute Gasteiger partial charge is 0.542 e. The molecule has 0 aliphatic carbocycles. The number of nitrogens with two attached hydrogens (primary N) is 2. The molecule has 0 atom stereocenters. The van der Waals surface area contributed by atoms with Gasteiger partial charge in [0, 0.05) is 6.42 Å². The molecule has 0 amide bonds. The molecule has 1 aromatic carbocycles. The standard InChI is InChI=1S/C10H12N2O3/c11-9(12)7-3-1-6(2-4-7)5-8(13)10(14)15/h1-4,9H,5,11-12H2,(H,14,15)/p-1. The highest BCUT2D eigenvalue weighted by Gasteiger charge is 2.05. The first-order valence-electron chi connectivity index (χ1n) is 4.35. The molecule has 0 fully saturated rings. The van der Waals surface area contributed by atoms with Gasteiger partial charge in [0.1, 0.15) is 5.97 Å². The Kier molecular flexibility index (Phi) is 3.54. The summed E-state index contributed by atoms with van der Waals surface area (Å²) in [6, 6.07) is 6.54. The van der Waals surface area contributed by atoms with Crippen LogP contribution in [0.4, 0.5) is 0 Å². The Balaban J connectivity index is 2.73. The van der Waals surface area contributed by atoms with Crippen molar-refractivity contribution < 1.29 is 14.7 Å². The minimum Gasteiger partial charge on any atom is -0.542 e. The van der Waals surface area contributed by atoms with E-state index in [2.05, 4.69) is 0 Å². The van der Waals surface area contributed by atoms with Crippen LogP contribution in [0.25, 0.3) is 0 Å². The van der Waals surface area contributed by atoms with Crippen molar-refractivity contribution in [3.8, 4) is 0 Å². The normalized spacial score (nSPS) is 10.3. The highest BCUT2D eigenvalue weighted by atomic mass is 16.4. The molecule has 5 nitrogen and oxygen atoms in total. The maximum Gasteiger partial charge on any atom is 0.182 e. The number of Topliss-reactive ketones (excluding diaryl/α,β-unsaturated/α-hetero) is 1. The van der Waals surface area contributed by atoms with Gasteiger partial charge in [-0.05, 0) is 11.1 Å². The highest BCUT2D eigenvalue weighted by molar-refractivity contribution is 6.32. The zero-order chi connectivity index (χ0) is 11.4. The van der Waals surface area contributed by atoms with Crippen LogP contribution in [0.15, 0.2) is 24.3 Å². The maximum absolute atomic E-state index is 10.8. The number of carboxylic acids is 1. The summed E-state index contributed by atoms with van der Waals surface area (Å²) in [7, 11) is 0. The van der Waals surface area contributed by atoms with E-state index in [1.165, 1.54) is 0 Å². The molecular weight excluding hydrogens is 196 g/mol. The van der Waals surface area contributed by atoms with Gasteiger partial charge in [-0.15, -0.1) is 0 Å². The average molecular weight is 207 g/mol. The van der Waals surface area contributed by atoms with Crippen LogP contribution in [0.3, 0.4) is 0 Å². The van der Waals surface area contributed by atoms with Crippen LogP contribution in [0.2, 0.25) is 0 Å². The fraction of sp³-hybridized carbons (Fsp3) is 0.200. The number of carboxylic acid groups (broad SMARTS) is 1. The molecule has 80 valence electrons. The van der Waals surface area contributed by atoms with Gasteiger partial charge in [0.25, 0.3) is 0 Å². The Morgan fingerprint density at radius 1 is 1.20 bits per heavy atom.